The zero-order chi connectivity index (χ0) is 14.8. The zero-order valence-corrected chi connectivity index (χ0v) is 12.9. The summed E-state index contributed by atoms with van der Waals surface area (Å²) in [5.41, 5.74) is 0.232. The van der Waals surface area contributed by atoms with Crippen molar-refractivity contribution < 1.29 is 13.2 Å². The van der Waals surface area contributed by atoms with Gasteiger partial charge >= 0.3 is 6.18 Å². The molecule has 1 saturated heterocycles. The molecule has 0 amide bonds. The zero-order valence-electron chi connectivity index (χ0n) is 11.3. The Morgan fingerprint density at radius 2 is 2.15 bits per heavy atom. The average Bonchev–Trinajstić information content (AvgIpc) is 2.38. The van der Waals surface area contributed by atoms with Crippen molar-refractivity contribution in [3.8, 4) is 0 Å². The molecule has 112 valence electrons. The summed E-state index contributed by atoms with van der Waals surface area (Å²) in [6.07, 6.45) is -2.06. The summed E-state index contributed by atoms with van der Waals surface area (Å²) < 4.78 is 38.5. The molecule has 0 radical (unpaired) electrons. The summed E-state index contributed by atoms with van der Waals surface area (Å²) in [4.78, 5) is 2.16. The third-order valence-electron chi connectivity index (χ3n) is 3.63. The predicted octanol–water partition coefficient (Wildman–Crippen LogP) is 3.90. The van der Waals surface area contributed by atoms with Crippen LogP contribution in [0.1, 0.15) is 18.4 Å². The van der Waals surface area contributed by atoms with Crippen LogP contribution in [0.5, 0.6) is 0 Å². The largest absolute Gasteiger partial charge is 0.416 e. The van der Waals surface area contributed by atoms with E-state index >= 15 is 0 Å². The number of alkyl halides is 3. The molecule has 20 heavy (non-hydrogen) atoms. The number of piperidine rings is 1. The highest BCUT2D eigenvalue weighted by molar-refractivity contribution is 9.10. The molecule has 6 heteroatoms. The Morgan fingerprint density at radius 3 is 2.75 bits per heavy atom. The average molecular weight is 351 g/mol. The number of hydrogen-bond acceptors (Lipinski definition) is 2. The Morgan fingerprint density at radius 1 is 1.40 bits per heavy atom. The van der Waals surface area contributed by atoms with Crippen LogP contribution >= 0.6 is 15.9 Å². The fourth-order valence-electron chi connectivity index (χ4n) is 2.68. The van der Waals surface area contributed by atoms with E-state index in [1.807, 2.05) is 7.05 Å². The standard InChI is InChI=1S/C14H18BrF3N2/c1-19-8-10-3-2-6-20(9-10)13-5-4-11(7-12(13)15)14(16,17)18/h4-5,7,10,19H,2-3,6,8-9H2,1H3. The van der Waals surface area contributed by atoms with Crippen LogP contribution in [0.4, 0.5) is 18.9 Å². The Balaban J connectivity index is 2.16. The maximum atomic E-state index is 12.7. The van der Waals surface area contributed by atoms with Crippen molar-refractivity contribution in [1.29, 1.82) is 0 Å². The lowest BCUT2D eigenvalue weighted by Gasteiger charge is -2.35. The third kappa shape index (κ3) is 3.67. The van der Waals surface area contributed by atoms with Crippen LogP contribution in [0.25, 0.3) is 0 Å². The van der Waals surface area contributed by atoms with Gasteiger partial charge in [-0.15, -0.1) is 0 Å². The van der Waals surface area contributed by atoms with Gasteiger partial charge in [0.1, 0.15) is 0 Å². The van der Waals surface area contributed by atoms with E-state index in [2.05, 4.69) is 26.1 Å². The second-order valence-electron chi connectivity index (χ2n) is 5.18. The maximum absolute atomic E-state index is 12.7. The van der Waals surface area contributed by atoms with E-state index in [1.165, 1.54) is 0 Å². The van der Waals surface area contributed by atoms with E-state index in [9.17, 15) is 13.2 Å². The molecule has 1 atom stereocenters. The molecule has 2 rings (SSSR count). The highest BCUT2D eigenvalue weighted by atomic mass is 79.9. The quantitative estimate of drug-likeness (QED) is 0.889. The lowest BCUT2D eigenvalue weighted by atomic mass is 9.97. The smallest absolute Gasteiger partial charge is 0.370 e. The van der Waals surface area contributed by atoms with E-state index in [0.717, 1.165) is 50.3 Å². The topological polar surface area (TPSA) is 15.3 Å². The van der Waals surface area contributed by atoms with Crippen LogP contribution in [0, 0.1) is 5.92 Å². The molecule has 1 aromatic carbocycles. The number of nitrogens with one attached hydrogen (secondary N) is 1. The molecule has 0 saturated carbocycles. The number of anilines is 1. The molecule has 1 unspecified atom stereocenters. The number of nitrogens with zero attached hydrogens (tertiary/aromatic N) is 1. The second kappa shape index (κ2) is 6.35. The van der Waals surface area contributed by atoms with E-state index in [-0.39, 0.29) is 0 Å². The first-order chi connectivity index (χ1) is 9.41. The number of rotatable bonds is 3. The molecule has 0 spiro atoms. The van der Waals surface area contributed by atoms with Gasteiger partial charge in [-0.2, -0.15) is 13.2 Å². The SMILES string of the molecule is CNCC1CCCN(c2ccc(C(F)(F)F)cc2Br)C1. The lowest BCUT2D eigenvalue weighted by molar-refractivity contribution is -0.137. The van der Waals surface area contributed by atoms with Gasteiger partial charge in [-0.3, -0.25) is 0 Å². The van der Waals surface area contributed by atoms with E-state index in [4.69, 9.17) is 0 Å². The summed E-state index contributed by atoms with van der Waals surface area (Å²) in [7, 11) is 1.92. The number of benzene rings is 1. The first kappa shape index (κ1) is 15.6. The molecule has 0 aromatic heterocycles. The summed E-state index contributed by atoms with van der Waals surface area (Å²) in [6, 6.07) is 3.88. The minimum Gasteiger partial charge on any atom is -0.370 e. The molecular weight excluding hydrogens is 333 g/mol. The fourth-order valence-corrected chi connectivity index (χ4v) is 3.31. The minimum absolute atomic E-state index is 0.512. The van der Waals surface area contributed by atoms with Crippen molar-refractivity contribution in [3.63, 3.8) is 0 Å². The molecule has 1 N–H and O–H groups in total. The van der Waals surface area contributed by atoms with Gasteiger partial charge in [0.15, 0.2) is 0 Å². The summed E-state index contributed by atoms with van der Waals surface area (Å²) in [5, 5.41) is 3.17. The Labute approximate surface area is 125 Å². The van der Waals surface area contributed by atoms with Gasteiger partial charge in [-0.05, 0) is 66.5 Å². The predicted molar refractivity (Wildman–Crippen MR) is 78.0 cm³/mol. The van der Waals surface area contributed by atoms with E-state index in [1.54, 1.807) is 6.07 Å². The van der Waals surface area contributed by atoms with Gasteiger partial charge in [0.05, 0.1) is 11.3 Å². The summed E-state index contributed by atoms with van der Waals surface area (Å²) in [6.45, 7) is 2.71. The van der Waals surface area contributed by atoms with Crippen molar-refractivity contribution in [2.24, 2.45) is 5.92 Å². The van der Waals surface area contributed by atoms with Crippen LogP contribution in [0.2, 0.25) is 0 Å². The first-order valence-corrected chi connectivity index (χ1v) is 7.47. The maximum Gasteiger partial charge on any atom is 0.416 e. The van der Waals surface area contributed by atoms with Gasteiger partial charge in [0.25, 0.3) is 0 Å². The van der Waals surface area contributed by atoms with Gasteiger partial charge in [0.2, 0.25) is 0 Å². The minimum atomic E-state index is -4.29. The Hall–Kier alpha value is -0.750. The monoisotopic (exact) mass is 350 g/mol. The fraction of sp³-hybridized carbons (Fsp3) is 0.571. The summed E-state index contributed by atoms with van der Waals surface area (Å²) >= 11 is 3.28. The van der Waals surface area contributed by atoms with Gasteiger partial charge in [-0.25, -0.2) is 0 Å². The van der Waals surface area contributed by atoms with Crippen LogP contribution < -0.4 is 10.2 Å². The van der Waals surface area contributed by atoms with E-state index < -0.39 is 11.7 Å². The van der Waals surface area contributed by atoms with Crippen molar-refractivity contribution in [3.05, 3.63) is 28.2 Å². The van der Waals surface area contributed by atoms with Crippen LogP contribution in [0.15, 0.2) is 22.7 Å². The van der Waals surface area contributed by atoms with Crippen LogP contribution in [0.3, 0.4) is 0 Å². The molecule has 1 fully saturated rings. The van der Waals surface area contributed by atoms with Crippen molar-refractivity contribution in [2.75, 3.05) is 31.6 Å². The van der Waals surface area contributed by atoms with Crippen molar-refractivity contribution in [2.45, 2.75) is 19.0 Å². The molecule has 1 aromatic rings. The van der Waals surface area contributed by atoms with Gasteiger partial charge in [-0.1, -0.05) is 0 Å². The highest BCUT2D eigenvalue weighted by Crippen LogP contribution is 2.36. The molecule has 0 bridgehead atoms. The van der Waals surface area contributed by atoms with Crippen LogP contribution in [-0.2, 0) is 6.18 Å². The van der Waals surface area contributed by atoms with Crippen LogP contribution in [-0.4, -0.2) is 26.7 Å². The van der Waals surface area contributed by atoms with E-state index in [0.29, 0.717) is 10.4 Å². The number of halogens is 4. The first-order valence-electron chi connectivity index (χ1n) is 6.68. The summed E-state index contributed by atoms with van der Waals surface area (Å²) in [5.74, 6) is 0.544. The molecule has 1 heterocycles. The van der Waals surface area contributed by atoms with Crippen molar-refractivity contribution in [1.82, 2.24) is 5.32 Å². The molecular formula is C14H18BrF3N2. The number of hydrogen-bond donors (Lipinski definition) is 1. The Kier molecular flexibility index (Phi) is 4.96. The third-order valence-corrected chi connectivity index (χ3v) is 4.26. The molecule has 0 aliphatic carbocycles. The Bertz CT molecular complexity index is 460. The van der Waals surface area contributed by atoms with Gasteiger partial charge in [0, 0.05) is 17.6 Å². The molecule has 2 nitrogen and oxygen atoms in total. The normalized spacial score (nSPS) is 20.2. The van der Waals surface area contributed by atoms with Crippen molar-refractivity contribution >= 4 is 21.6 Å². The van der Waals surface area contributed by atoms with Gasteiger partial charge < -0.3 is 10.2 Å². The molecule has 1 aliphatic heterocycles. The second-order valence-corrected chi connectivity index (χ2v) is 6.03. The molecule has 1 aliphatic rings. The lowest BCUT2D eigenvalue weighted by Crippen LogP contribution is -2.39. The highest BCUT2D eigenvalue weighted by Gasteiger charge is 2.31.